The molecule has 0 saturated heterocycles. The number of halogens is 1. The minimum absolute atomic E-state index is 0.221. The smallest absolute Gasteiger partial charge is 0.262 e. The first-order valence-electron chi connectivity index (χ1n) is 5.95. The number of hydrogen-bond acceptors (Lipinski definition) is 3. The van der Waals surface area contributed by atoms with Gasteiger partial charge < -0.3 is 5.73 Å². The first-order chi connectivity index (χ1) is 9.29. The average molecular weight is 355 g/mol. The van der Waals surface area contributed by atoms with Gasteiger partial charge in [-0.3, -0.25) is 4.72 Å². The zero-order chi connectivity index (χ0) is 14.9. The summed E-state index contributed by atoms with van der Waals surface area (Å²) in [5.74, 6) is 0. The van der Waals surface area contributed by atoms with Crippen molar-refractivity contribution in [1.29, 1.82) is 0 Å². The van der Waals surface area contributed by atoms with E-state index in [4.69, 9.17) is 5.73 Å². The maximum absolute atomic E-state index is 12.4. The largest absolute Gasteiger partial charge is 0.399 e. The number of rotatable bonds is 3. The Labute approximate surface area is 127 Å². The highest BCUT2D eigenvalue weighted by molar-refractivity contribution is 9.10. The molecule has 0 bridgehead atoms. The number of nitrogen functional groups attached to an aromatic ring is 1. The molecule has 4 nitrogen and oxygen atoms in total. The number of aryl methyl sites for hydroxylation is 2. The molecule has 0 aliphatic carbocycles. The van der Waals surface area contributed by atoms with E-state index in [1.54, 1.807) is 25.1 Å². The number of nitrogens with one attached hydrogen (secondary N) is 1. The summed E-state index contributed by atoms with van der Waals surface area (Å²) in [5, 5.41) is 0. The van der Waals surface area contributed by atoms with Gasteiger partial charge in [-0.25, -0.2) is 8.42 Å². The third-order valence-electron chi connectivity index (χ3n) is 2.86. The minimum Gasteiger partial charge on any atom is -0.399 e. The average Bonchev–Trinajstić information content (AvgIpc) is 2.32. The highest BCUT2D eigenvalue weighted by atomic mass is 79.9. The number of sulfonamides is 1. The molecule has 3 N–H and O–H groups in total. The van der Waals surface area contributed by atoms with E-state index < -0.39 is 10.0 Å². The van der Waals surface area contributed by atoms with Gasteiger partial charge in [0, 0.05) is 10.2 Å². The van der Waals surface area contributed by atoms with Crippen LogP contribution < -0.4 is 10.5 Å². The fraction of sp³-hybridized carbons (Fsp3) is 0.143. The van der Waals surface area contributed by atoms with Crippen LogP contribution >= 0.6 is 15.9 Å². The second kappa shape index (κ2) is 5.46. The van der Waals surface area contributed by atoms with Crippen molar-refractivity contribution in [3.05, 3.63) is 52.0 Å². The van der Waals surface area contributed by atoms with Gasteiger partial charge in [0.2, 0.25) is 0 Å². The van der Waals surface area contributed by atoms with E-state index in [2.05, 4.69) is 20.7 Å². The third kappa shape index (κ3) is 3.13. The van der Waals surface area contributed by atoms with Gasteiger partial charge in [0.05, 0.1) is 10.6 Å². The first kappa shape index (κ1) is 14.9. The summed E-state index contributed by atoms with van der Waals surface area (Å²) in [6.07, 6.45) is 0. The normalized spacial score (nSPS) is 11.3. The van der Waals surface area contributed by atoms with E-state index in [1.165, 1.54) is 6.07 Å². The lowest BCUT2D eigenvalue weighted by molar-refractivity contribution is 0.600. The Hall–Kier alpha value is -1.53. The lowest BCUT2D eigenvalue weighted by atomic mass is 10.2. The van der Waals surface area contributed by atoms with Gasteiger partial charge in [0.1, 0.15) is 0 Å². The Morgan fingerprint density at radius 3 is 2.40 bits per heavy atom. The van der Waals surface area contributed by atoms with Gasteiger partial charge >= 0.3 is 0 Å². The highest BCUT2D eigenvalue weighted by Crippen LogP contribution is 2.27. The van der Waals surface area contributed by atoms with Crippen LogP contribution in [0.2, 0.25) is 0 Å². The van der Waals surface area contributed by atoms with Crippen molar-refractivity contribution in [2.45, 2.75) is 18.7 Å². The molecule has 0 amide bonds. The molecule has 0 aliphatic rings. The van der Waals surface area contributed by atoms with Crippen LogP contribution in [0.4, 0.5) is 11.4 Å². The molecule has 0 fully saturated rings. The Kier molecular flexibility index (Phi) is 4.06. The second-order valence-corrected chi connectivity index (χ2v) is 7.12. The molecule has 2 aromatic carbocycles. The van der Waals surface area contributed by atoms with E-state index in [9.17, 15) is 8.42 Å². The van der Waals surface area contributed by atoms with Crippen LogP contribution in [0.5, 0.6) is 0 Å². The van der Waals surface area contributed by atoms with Crippen molar-refractivity contribution in [1.82, 2.24) is 0 Å². The van der Waals surface area contributed by atoms with Crippen LogP contribution in [-0.2, 0) is 10.0 Å². The third-order valence-corrected chi connectivity index (χ3v) is 5.04. The molecule has 0 radical (unpaired) electrons. The van der Waals surface area contributed by atoms with E-state index in [-0.39, 0.29) is 4.90 Å². The Morgan fingerprint density at radius 1 is 1.10 bits per heavy atom. The van der Waals surface area contributed by atoms with Crippen molar-refractivity contribution in [3.63, 3.8) is 0 Å². The fourth-order valence-corrected chi connectivity index (χ4v) is 3.91. The molecule has 2 rings (SSSR count). The molecule has 106 valence electrons. The number of benzene rings is 2. The quantitative estimate of drug-likeness (QED) is 0.829. The summed E-state index contributed by atoms with van der Waals surface area (Å²) in [6.45, 7) is 3.66. The predicted molar refractivity (Wildman–Crippen MR) is 85.3 cm³/mol. The van der Waals surface area contributed by atoms with E-state index in [0.717, 1.165) is 5.56 Å². The van der Waals surface area contributed by atoms with Crippen molar-refractivity contribution >= 4 is 37.3 Å². The molecule has 0 unspecified atom stereocenters. The fourth-order valence-electron chi connectivity index (χ4n) is 1.88. The summed E-state index contributed by atoms with van der Waals surface area (Å²) >= 11 is 3.36. The second-order valence-electron chi connectivity index (χ2n) is 4.61. The molecule has 6 heteroatoms. The Bertz CT molecular complexity index is 758. The standard InChI is InChI=1S/C14H15BrN2O2S/c1-9-3-5-13(12(15)7-9)17-20(18,19)14-6-4-11(16)8-10(14)2/h3-8,17H,16H2,1-2H3. The summed E-state index contributed by atoms with van der Waals surface area (Å²) < 4.78 is 28.1. The predicted octanol–water partition coefficient (Wildman–Crippen LogP) is 3.45. The minimum atomic E-state index is -3.63. The van der Waals surface area contributed by atoms with Crippen LogP contribution in [0.1, 0.15) is 11.1 Å². The molecule has 0 saturated carbocycles. The van der Waals surface area contributed by atoms with Gasteiger partial charge in [-0.2, -0.15) is 0 Å². The van der Waals surface area contributed by atoms with Crippen molar-refractivity contribution in [2.75, 3.05) is 10.5 Å². The molecule has 20 heavy (non-hydrogen) atoms. The van der Waals surface area contributed by atoms with E-state index >= 15 is 0 Å². The van der Waals surface area contributed by atoms with Crippen molar-refractivity contribution in [2.24, 2.45) is 0 Å². The summed E-state index contributed by atoms with van der Waals surface area (Å²) in [7, 11) is -3.63. The van der Waals surface area contributed by atoms with Gasteiger partial charge in [0.25, 0.3) is 10.0 Å². The van der Waals surface area contributed by atoms with Gasteiger partial charge in [-0.1, -0.05) is 6.07 Å². The zero-order valence-corrected chi connectivity index (χ0v) is 13.5. The summed E-state index contributed by atoms with van der Waals surface area (Å²) in [4.78, 5) is 0.221. The number of nitrogens with two attached hydrogens (primary N) is 1. The molecule has 0 atom stereocenters. The Balaban J connectivity index is 2.41. The van der Waals surface area contributed by atoms with Crippen LogP contribution in [0.25, 0.3) is 0 Å². The Morgan fingerprint density at radius 2 is 1.80 bits per heavy atom. The van der Waals surface area contributed by atoms with E-state index in [0.29, 0.717) is 21.4 Å². The topological polar surface area (TPSA) is 72.2 Å². The SMILES string of the molecule is Cc1ccc(NS(=O)(=O)c2ccc(N)cc2C)c(Br)c1. The maximum atomic E-state index is 12.4. The molecule has 0 aromatic heterocycles. The van der Waals surface area contributed by atoms with Crippen LogP contribution in [-0.4, -0.2) is 8.42 Å². The molecular formula is C14H15BrN2O2S. The number of hydrogen-bond donors (Lipinski definition) is 2. The highest BCUT2D eigenvalue weighted by Gasteiger charge is 2.18. The zero-order valence-electron chi connectivity index (χ0n) is 11.1. The summed E-state index contributed by atoms with van der Waals surface area (Å²) in [5.41, 5.74) is 8.34. The number of anilines is 2. The van der Waals surface area contributed by atoms with Gasteiger partial charge in [0.15, 0.2) is 0 Å². The summed E-state index contributed by atoms with van der Waals surface area (Å²) in [6, 6.07) is 10.1. The van der Waals surface area contributed by atoms with Gasteiger partial charge in [-0.05, 0) is 71.2 Å². The van der Waals surface area contributed by atoms with Crippen molar-refractivity contribution in [3.8, 4) is 0 Å². The molecule has 0 heterocycles. The molecular weight excluding hydrogens is 340 g/mol. The van der Waals surface area contributed by atoms with Crippen LogP contribution in [0.15, 0.2) is 45.8 Å². The molecule has 0 aliphatic heterocycles. The van der Waals surface area contributed by atoms with Crippen LogP contribution in [0, 0.1) is 13.8 Å². The first-order valence-corrected chi connectivity index (χ1v) is 8.22. The lowest BCUT2D eigenvalue weighted by Crippen LogP contribution is -2.14. The lowest BCUT2D eigenvalue weighted by Gasteiger charge is -2.12. The van der Waals surface area contributed by atoms with Crippen LogP contribution in [0.3, 0.4) is 0 Å². The maximum Gasteiger partial charge on any atom is 0.262 e. The molecule has 2 aromatic rings. The molecule has 0 spiro atoms. The van der Waals surface area contributed by atoms with Crippen molar-refractivity contribution < 1.29 is 8.42 Å². The van der Waals surface area contributed by atoms with E-state index in [1.807, 2.05) is 19.1 Å². The monoisotopic (exact) mass is 354 g/mol. The van der Waals surface area contributed by atoms with Gasteiger partial charge in [-0.15, -0.1) is 0 Å².